The molecule has 1 saturated heterocycles. The van der Waals surface area contributed by atoms with Crippen molar-refractivity contribution in [1.82, 2.24) is 14.7 Å². The molecule has 0 radical (unpaired) electrons. The van der Waals surface area contributed by atoms with E-state index in [0.717, 1.165) is 18.4 Å². The Morgan fingerprint density at radius 3 is 2.82 bits per heavy atom. The Bertz CT molecular complexity index is 948. The number of amides is 1. The number of furan rings is 1. The van der Waals surface area contributed by atoms with E-state index in [-0.39, 0.29) is 11.9 Å². The number of rotatable bonds is 6. The van der Waals surface area contributed by atoms with Crippen molar-refractivity contribution in [3.63, 3.8) is 0 Å². The first-order valence-corrected chi connectivity index (χ1v) is 9.28. The number of benzene rings is 1. The molecule has 3 aromatic rings. The third kappa shape index (κ3) is 3.47. The summed E-state index contributed by atoms with van der Waals surface area (Å²) < 4.78 is 18.3. The zero-order chi connectivity index (χ0) is 19.5. The van der Waals surface area contributed by atoms with E-state index in [1.165, 1.54) is 0 Å². The summed E-state index contributed by atoms with van der Waals surface area (Å²) >= 11 is 0. The van der Waals surface area contributed by atoms with Gasteiger partial charge in [-0.1, -0.05) is 6.07 Å². The van der Waals surface area contributed by atoms with Crippen LogP contribution in [0.4, 0.5) is 0 Å². The Morgan fingerprint density at radius 2 is 2.07 bits per heavy atom. The van der Waals surface area contributed by atoms with Crippen LogP contribution < -0.4 is 9.47 Å². The van der Waals surface area contributed by atoms with E-state index < -0.39 is 0 Å². The van der Waals surface area contributed by atoms with Gasteiger partial charge in [-0.2, -0.15) is 5.10 Å². The summed E-state index contributed by atoms with van der Waals surface area (Å²) in [6.07, 6.45) is 5.43. The van der Waals surface area contributed by atoms with Crippen LogP contribution in [0.5, 0.6) is 11.5 Å². The maximum atomic E-state index is 13.1. The van der Waals surface area contributed by atoms with Gasteiger partial charge in [-0.15, -0.1) is 0 Å². The highest BCUT2D eigenvalue weighted by Crippen LogP contribution is 2.37. The van der Waals surface area contributed by atoms with Crippen LogP contribution in [0.25, 0.3) is 0 Å². The van der Waals surface area contributed by atoms with Crippen LogP contribution in [-0.4, -0.2) is 41.4 Å². The molecule has 4 rings (SSSR count). The highest BCUT2D eigenvalue weighted by molar-refractivity contribution is 5.92. The number of nitrogens with zero attached hydrogens (tertiary/aromatic N) is 3. The molecule has 0 N–H and O–H groups in total. The van der Waals surface area contributed by atoms with Crippen LogP contribution in [0.2, 0.25) is 0 Å². The molecule has 0 spiro atoms. The first-order chi connectivity index (χ1) is 13.7. The Morgan fingerprint density at radius 1 is 1.21 bits per heavy atom. The Kier molecular flexibility index (Phi) is 5.06. The van der Waals surface area contributed by atoms with Crippen LogP contribution >= 0.6 is 0 Å². The molecule has 1 aliphatic rings. The van der Waals surface area contributed by atoms with Crippen molar-refractivity contribution in [2.24, 2.45) is 0 Å². The lowest BCUT2D eigenvalue weighted by molar-refractivity contribution is 0.0701. The molecule has 1 aromatic carbocycles. The van der Waals surface area contributed by atoms with Crippen LogP contribution in [0.15, 0.2) is 53.2 Å². The molecule has 0 bridgehead atoms. The summed E-state index contributed by atoms with van der Waals surface area (Å²) in [6, 6.07) is 11.2. The predicted octanol–water partition coefficient (Wildman–Crippen LogP) is 3.52. The minimum atomic E-state index is -0.0935. The third-order valence-electron chi connectivity index (χ3n) is 5.06. The molecule has 1 amide bonds. The highest BCUT2D eigenvalue weighted by atomic mass is 16.5. The van der Waals surface area contributed by atoms with Gasteiger partial charge in [0.15, 0.2) is 17.3 Å². The van der Waals surface area contributed by atoms with Gasteiger partial charge in [-0.05, 0) is 48.7 Å². The molecule has 0 aliphatic carbocycles. The van der Waals surface area contributed by atoms with Crippen LogP contribution in [-0.2, 0) is 6.54 Å². The van der Waals surface area contributed by atoms with Crippen molar-refractivity contribution in [1.29, 1.82) is 0 Å². The average molecular weight is 381 g/mol. The van der Waals surface area contributed by atoms with E-state index in [1.54, 1.807) is 31.2 Å². The zero-order valence-electron chi connectivity index (χ0n) is 16.0. The summed E-state index contributed by atoms with van der Waals surface area (Å²) in [6.45, 7) is 1.20. The fraction of sp³-hybridized carbons (Fsp3) is 0.333. The first-order valence-electron chi connectivity index (χ1n) is 9.28. The molecule has 0 saturated carbocycles. The van der Waals surface area contributed by atoms with E-state index in [1.807, 2.05) is 41.4 Å². The van der Waals surface area contributed by atoms with Crippen molar-refractivity contribution < 1.29 is 18.7 Å². The fourth-order valence-electron chi connectivity index (χ4n) is 3.69. The summed E-state index contributed by atoms with van der Waals surface area (Å²) in [7, 11) is 3.23. The molecule has 1 fully saturated rings. The van der Waals surface area contributed by atoms with Gasteiger partial charge in [0.2, 0.25) is 0 Å². The number of carbonyl (C=O) groups is 1. The fourth-order valence-corrected chi connectivity index (χ4v) is 3.69. The first kappa shape index (κ1) is 18.2. The summed E-state index contributed by atoms with van der Waals surface area (Å²) in [5, 5.41) is 4.16. The van der Waals surface area contributed by atoms with Gasteiger partial charge in [0, 0.05) is 18.9 Å². The molecule has 1 unspecified atom stereocenters. The minimum absolute atomic E-state index is 0.00743. The number of ether oxygens (including phenoxy) is 2. The van der Waals surface area contributed by atoms with Gasteiger partial charge in [-0.25, -0.2) is 0 Å². The molecular weight excluding hydrogens is 358 g/mol. The monoisotopic (exact) mass is 381 g/mol. The molecule has 3 heterocycles. The van der Waals surface area contributed by atoms with Gasteiger partial charge in [0.05, 0.1) is 26.8 Å². The average Bonchev–Trinajstić information content (AvgIpc) is 3.49. The predicted molar refractivity (Wildman–Crippen MR) is 103 cm³/mol. The standard InChI is InChI=1S/C21H23N3O4/c1-26-18-8-6-15(13-20(18)27-2)17-5-3-12-24(17)21(25)19-9-7-16(28-19)14-23-11-4-10-22-23/h4,6-11,13,17H,3,5,12,14H2,1-2H3. The summed E-state index contributed by atoms with van der Waals surface area (Å²) in [5.41, 5.74) is 1.03. The zero-order valence-corrected chi connectivity index (χ0v) is 16.0. The van der Waals surface area contributed by atoms with Crippen LogP contribution in [0, 0.1) is 0 Å². The summed E-state index contributed by atoms with van der Waals surface area (Å²) in [5.74, 6) is 2.31. The number of methoxy groups -OCH3 is 2. The van der Waals surface area contributed by atoms with Crippen molar-refractivity contribution in [2.75, 3.05) is 20.8 Å². The number of hydrogen-bond acceptors (Lipinski definition) is 5. The van der Waals surface area contributed by atoms with Crippen molar-refractivity contribution >= 4 is 5.91 Å². The van der Waals surface area contributed by atoms with Gasteiger partial charge in [0.1, 0.15) is 5.76 Å². The lowest BCUT2D eigenvalue weighted by Crippen LogP contribution is -2.30. The normalized spacial score (nSPS) is 16.4. The van der Waals surface area contributed by atoms with Gasteiger partial charge in [0.25, 0.3) is 5.91 Å². The van der Waals surface area contributed by atoms with Gasteiger partial charge in [-0.3, -0.25) is 9.48 Å². The SMILES string of the molecule is COc1ccc(C2CCCN2C(=O)c2ccc(Cn3cccn3)o2)cc1OC. The highest BCUT2D eigenvalue weighted by Gasteiger charge is 2.32. The van der Waals surface area contributed by atoms with E-state index in [0.29, 0.717) is 36.1 Å². The number of hydrogen-bond donors (Lipinski definition) is 0. The number of likely N-dealkylation sites (tertiary alicyclic amines) is 1. The second-order valence-electron chi connectivity index (χ2n) is 6.74. The van der Waals surface area contributed by atoms with E-state index in [2.05, 4.69) is 5.10 Å². The topological polar surface area (TPSA) is 69.7 Å². The summed E-state index contributed by atoms with van der Waals surface area (Å²) in [4.78, 5) is 15.0. The van der Waals surface area contributed by atoms with Gasteiger partial charge < -0.3 is 18.8 Å². The Labute approximate surface area is 163 Å². The second-order valence-corrected chi connectivity index (χ2v) is 6.74. The largest absolute Gasteiger partial charge is 0.493 e. The van der Waals surface area contributed by atoms with Crippen molar-refractivity contribution in [2.45, 2.75) is 25.4 Å². The maximum absolute atomic E-state index is 13.1. The Balaban J connectivity index is 1.53. The van der Waals surface area contributed by atoms with Crippen molar-refractivity contribution in [3.8, 4) is 11.5 Å². The van der Waals surface area contributed by atoms with E-state index in [4.69, 9.17) is 13.9 Å². The molecule has 1 atom stereocenters. The Hall–Kier alpha value is -3.22. The van der Waals surface area contributed by atoms with Crippen molar-refractivity contribution in [3.05, 3.63) is 65.9 Å². The number of carbonyl (C=O) groups excluding carboxylic acids is 1. The lowest BCUT2D eigenvalue weighted by Gasteiger charge is -2.25. The molecule has 7 heteroatoms. The molecule has 7 nitrogen and oxygen atoms in total. The lowest BCUT2D eigenvalue weighted by atomic mass is 10.0. The van der Waals surface area contributed by atoms with Crippen LogP contribution in [0.3, 0.4) is 0 Å². The van der Waals surface area contributed by atoms with Crippen LogP contribution in [0.1, 0.15) is 40.8 Å². The third-order valence-corrected chi connectivity index (χ3v) is 5.06. The molecular formula is C21H23N3O4. The molecule has 28 heavy (non-hydrogen) atoms. The second kappa shape index (κ2) is 7.80. The van der Waals surface area contributed by atoms with E-state index in [9.17, 15) is 4.79 Å². The molecule has 146 valence electrons. The maximum Gasteiger partial charge on any atom is 0.290 e. The smallest absolute Gasteiger partial charge is 0.290 e. The molecule has 1 aliphatic heterocycles. The number of aromatic nitrogens is 2. The van der Waals surface area contributed by atoms with Gasteiger partial charge >= 0.3 is 0 Å². The molecule has 2 aromatic heterocycles. The quantitative estimate of drug-likeness (QED) is 0.653. The minimum Gasteiger partial charge on any atom is -0.493 e. The van der Waals surface area contributed by atoms with E-state index >= 15 is 0 Å².